The zero-order valence-corrected chi connectivity index (χ0v) is 10.6. The molecule has 106 valence electrons. The second kappa shape index (κ2) is 6.09. The zero-order chi connectivity index (χ0) is 15.3. The molecule has 0 aliphatic heterocycles. The first-order chi connectivity index (χ1) is 9.97. The van der Waals surface area contributed by atoms with Crippen molar-refractivity contribution in [2.45, 2.75) is 6.18 Å². The molecule has 1 N–H and O–H groups in total. The Morgan fingerprint density at radius 2 is 1.76 bits per heavy atom. The predicted octanol–water partition coefficient (Wildman–Crippen LogP) is 2.98. The Kier molecular flexibility index (Phi) is 4.24. The van der Waals surface area contributed by atoms with E-state index in [1.807, 2.05) is 6.07 Å². The van der Waals surface area contributed by atoms with Gasteiger partial charge in [-0.15, -0.1) is 0 Å². The van der Waals surface area contributed by atoms with Gasteiger partial charge in [-0.25, -0.2) is 4.98 Å². The molecule has 3 nitrogen and oxygen atoms in total. The number of halogens is 3. The number of aromatic nitrogens is 1. The second-order valence-electron chi connectivity index (χ2n) is 3.97. The quantitative estimate of drug-likeness (QED) is 0.820. The van der Waals surface area contributed by atoms with Crippen molar-refractivity contribution in [3.05, 3.63) is 59.9 Å². The van der Waals surface area contributed by atoms with Crippen LogP contribution in [0.1, 0.15) is 11.3 Å². The first kappa shape index (κ1) is 14.6. The molecule has 0 saturated carbocycles. The highest BCUT2D eigenvalue weighted by Gasteiger charge is 2.38. The number of carbonyl (C=O) groups excluding carboxylic acids is 1. The molecule has 1 heterocycles. The third-order valence-corrected chi connectivity index (χ3v) is 2.41. The fraction of sp³-hybridized carbons (Fsp3) is 0.0667. The molecule has 0 atom stereocenters. The molecular formula is C15H9F3N2O. The molecule has 0 bridgehead atoms. The fourth-order valence-electron chi connectivity index (χ4n) is 1.45. The summed E-state index contributed by atoms with van der Waals surface area (Å²) in [6.45, 7) is 0. The number of carbonyl (C=O) groups is 1. The number of rotatable bonds is 1. The molecule has 0 aliphatic rings. The van der Waals surface area contributed by atoms with E-state index >= 15 is 0 Å². The molecule has 2 aromatic rings. The molecule has 0 spiro atoms. The van der Waals surface area contributed by atoms with Gasteiger partial charge in [0.1, 0.15) is 5.69 Å². The van der Waals surface area contributed by atoms with Crippen molar-refractivity contribution >= 4 is 11.6 Å². The molecule has 0 fully saturated rings. The van der Waals surface area contributed by atoms with Gasteiger partial charge in [0.25, 0.3) is 0 Å². The van der Waals surface area contributed by atoms with Crippen LogP contribution in [0.2, 0.25) is 0 Å². The van der Waals surface area contributed by atoms with Gasteiger partial charge in [0.2, 0.25) is 0 Å². The van der Waals surface area contributed by atoms with Gasteiger partial charge in [-0.3, -0.25) is 4.79 Å². The molecule has 1 amide bonds. The summed E-state index contributed by atoms with van der Waals surface area (Å²) in [5.41, 5.74) is 0.679. The lowest BCUT2D eigenvalue weighted by molar-refractivity contribution is -0.167. The first-order valence-electron chi connectivity index (χ1n) is 5.87. The van der Waals surface area contributed by atoms with Crippen LogP contribution in [-0.4, -0.2) is 17.1 Å². The lowest BCUT2D eigenvalue weighted by Crippen LogP contribution is -2.30. The van der Waals surface area contributed by atoms with Crippen molar-refractivity contribution in [3.63, 3.8) is 0 Å². The lowest BCUT2D eigenvalue weighted by atomic mass is 10.2. The molecule has 21 heavy (non-hydrogen) atoms. The standard InChI is InChI=1S/C15H9F3N2O/c16-15(17,18)14(21)20-13-7-4-10-19-12(13)9-8-11-5-2-1-3-6-11/h1-7,10H,(H,20,21). The minimum absolute atomic E-state index is 0.0685. The van der Waals surface area contributed by atoms with Crippen LogP contribution in [0.4, 0.5) is 18.9 Å². The maximum absolute atomic E-state index is 12.2. The van der Waals surface area contributed by atoms with E-state index < -0.39 is 12.1 Å². The Hall–Kier alpha value is -2.81. The van der Waals surface area contributed by atoms with Gasteiger partial charge in [0, 0.05) is 11.8 Å². The van der Waals surface area contributed by atoms with Crippen molar-refractivity contribution in [2.24, 2.45) is 0 Å². The van der Waals surface area contributed by atoms with E-state index in [9.17, 15) is 18.0 Å². The van der Waals surface area contributed by atoms with Gasteiger partial charge < -0.3 is 5.32 Å². The monoisotopic (exact) mass is 290 g/mol. The summed E-state index contributed by atoms with van der Waals surface area (Å²) >= 11 is 0. The normalized spacial score (nSPS) is 10.4. The van der Waals surface area contributed by atoms with Gasteiger partial charge in [-0.05, 0) is 30.2 Å². The summed E-state index contributed by atoms with van der Waals surface area (Å²) in [5, 5.41) is 1.76. The molecule has 0 unspecified atom stereocenters. The van der Waals surface area contributed by atoms with Gasteiger partial charge >= 0.3 is 12.1 Å². The van der Waals surface area contributed by atoms with E-state index in [1.54, 1.807) is 29.6 Å². The second-order valence-corrected chi connectivity index (χ2v) is 3.97. The molecule has 0 saturated heterocycles. The highest BCUT2D eigenvalue weighted by Crippen LogP contribution is 2.19. The SMILES string of the molecule is O=C(Nc1cccnc1C#Cc1ccccc1)C(F)(F)F. The summed E-state index contributed by atoms with van der Waals surface area (Å²) < 4.78 is 36.7. The number of hydrogen-bond donors (Lipinski definition) is 1. The summed E-state index contributed by atoms with van der Waals surface area (Å²) in [6.07, 6.45) is -3.57. The Labute approximate surface area is 118 Å². The van der Waals surface area contributed by atoms with E-state index in [-0.39, 0.29) is 11.4 Å². The van der Waals surface area contributed by atoms with Gasteiger partial charge in [-0.2, -0.15) is 13.2 Å². The fourth-order valence-corrected chi connectivity index (χ4v) is 1.45. The Bertz CT molecular complexity index is 700. The van der Waals surface area contributed by atoms with Crippen molar-refractivity contribution in [1.82, 2.24) is 4.98 Å². The summed E-state index contributed by atoms with van der Waals surface area (Å²) in [5.74, 6) is 3.35. The molecule has 0 radical (unpaired) electrons. The minimum atomic E-state index is -4.96. The Morgan fingerprint density at radius 3 is 2.43 bits per heavy atom. The maximum atomic E-state index is 12.2. The molecule has 2 rings (SSSR count). The van der Waals surface area contributed by atoms with Gasteiger partial charge in [0.15, 0.2) is 0 Å². The maximum Gasteiger partial charge on any atom is 0.471 e. The number of benzene rings is 1. The molecule has 0 aliphatic carbocycles. The van der Waals surface area contributed by atoms with Crippen molar-refractivity contribution in [3.8, 4) is 11.8 Å². The van der Waals surface area contributed by atoms with E-state index in [0.29, 0.717) is 5.56 Å². The van der Waals surface area contributed by atoms with Crippen molar-refractivity contribution in [2.75, 3.05) is 5.32 Å². The third kappa shape index (κ3) is 4.08. The number of nitrogens with zero attached hydrogens (tertiary/aromatic N) is 1. The molecule has 1 aromatic carbocycles. The summed E-state index contributed by atoms with van der Waals surface area (Å²) in [6, 6.07) is 11.6. The average Bonchev–Trinajstić information content (AvgIpc) is 2.46. The molecular weight excluding hydrogens is 281 g/mol. The van der Waals surface area contributed by atoms with Crippen LogP contribution < -0.4 is 5.32 Å². The number of amides is 1. The van der Waals surface area contributed by atoms with Crippen molar-refractivity contribution < 1.29 is 18.0 Å². The topological polar surface area (TPSA) is 42.0 Å². The third-order valence-electron chi connectivity index (χ3n) is 2.41. The van der Waals surface area contributed by atoms with E-state index in [0.717, 1.165) is 0 Å². The smallest absolute Gasteiger partial charge is 0.316 e. The van der Waals surface area contributed by atoms with Gasteiger partial charge in [0.05, 0.1) is 5.69 Å². The number of hydrogen-bond acceptors (Lipinski definition) is 2. The Balaban J connectivity index is 2.26. The Morgan fingerprint density at radius 1 is 1.05 bits per heavy atom. The highest BCUT2D eigenvalue weighted by molar-refractivity contribution is 5.95. The van der Waals surface area contributed by atoms with E-state index in [1.165, 1.54) is 18.3 Å². The number of alkyl halides is 3. The van der Waals surface area contributed by atoms with E-state index in [2.05, 4.69) is 16.8 Å². The summed E-state index contributed by atoms with van der Waals surface area (Å²) in [4.78, 5) is 14.8. The van der Waals surface area contributed by atoms with Crippen LogP contribution >= 0.6 is 0 Å². The predicted molar refractivity (Wildman–Crippen MR) is 71.3 cm³/mol. The largest absolute Gasteiger partial charge is 0.471 e. The number of nitrogens with one attached hydrogen (secondary N) is 1. The zero-order valence-electron chi connectivity index (χ0n) is 10.6. The highest BCUT2D eigenvalue weighted by atomic mass is 19.4. The minimum Gasteiger partial charge on any atom is -0.316 e. The van der Waals surface area contributed by atoms with Crippen LogP contribution in [0, 0.1) is 11.8 Å². The molecule has 6 heteroatoms. The first-order valence-corrected chi connectivity index (χ1v) is 5.87. The van der Waals surface area contributed by atoms with Crippen LogP contribution in [0.25, 0.3) is 0 Å². The molecule has 1 aromatic heterocycles. The van der Waals surface area contributed by atoms with Crippen LogP contribution in [0.3, 0.4) is 0 Å². The van der Waals surface area contributed by atoms with Crippen molar-refractivity contribution in [1.29, 1.82) is 0 Å². The van der Waals surface area contributed by atoms with Crippen LogP contribution in [-0.2, 0) is 4.79 Å². The summed E-state index contributed by atoms with van der Waals surface area (Å²) in [7, 11) is 0. The van der Waals surface area contributed by atoms with Gasteiger partial charge in [-0.1, -0.05) is 24.1 Å². The number of anilines is 1. The average molecular weight is 290 g/mol. The number of pyridine rings is 1. The van der Waals surface area contributed by atoms with Crippen LogP contribution in [0.15, 0.2) is 48.7 Å². The van der Waals surface area contributed by atoms with E-state index in [4.69, 9.17) is 0 Å². The lowest BCUT2D eigenvalue weighted by Gasteiger charge is -2.08. The van der Waals surface area contributed by atoms with Crippen LogP contribution in [0.5, 0.6) is 0 Å².